The van der Waals surface area contributed by atoms with Crippen LogP contribution in [0, 0.1) is 0 Å². The molecule has 0 bridgehead atoms. The Labute approximate surface area is 136 Å². The van der Waals surface area contributed by atoms with E-state index in [1.165, 1.54) is 0 Å². The van der Waals surface area contributed by atoms with Crippen LogP contribution in [0.3, 0.4) is 0 Å². The fraction of sp³-hybridized carbons (Fsp3) is 0.364. The molecule has 0 aliphatic heterocycles. The van der Waals surface area contributed by atoms with Crippen LogP contribution >= 0.6 is 0 Å². The number of rotatable bonds is 4. The van der Waals surface area contributed by atoms with Crippen molar-refractivity contribution in [2.45, 2.75) is 13.8 Å². The van der Waals surface area contributed by atoms with Gasteiger partial charge in [0.25, 0.3) is 0 Å². The Morgan fingerprint density at radius 1 is 0.947 bits per heavy atom. The molecule has 0 saturated heterocycles. The second-order valence-electron chi connectivity index (χ2n) is 3.25. The van der Waals surface area contributed by atoms with Gasteiger partial charge in [-0.3, -0.25) is 0 Å². The van der Waals surface area contributed by atoms with Crippen LogP contribution in [0.5, 0.6) is 0 Å². The number of nitrogens with one attached hydrogen (secondary N) is 2. The Morgan fingerprint density at radius 3 is 1.63 bits per heavy atom. The largest absolute Gasteiger partial charge is 2.00 e. The average molecular weight is 349 g/mol. The summed E-state index contributed by atoms with van der Waals surface area (Å²) < 4.78 is 0. The third kappa shape index (κ3) is 7.37. The zero-order chi connectivity index (χ0) is 12.0. The Balaban J connectivity index is -0.000000853. The monoisotopic (exact) mass is 348 g/mol. The maximum Gasteiger partial charge on any atom is 2.00 e. The summed E-state index contributed by atoms with van der Waals surface area (Å²) in [5.41, 5.74) is 8.88. The van der Waals surface area contributed by atoms with Crippen molar-refractivity contribution in [2.24, 2.45) is 10.2 Å². The van der Waals surface area contributed by atoms with E-state index in [0.29, 0.717) is 0 Å². The van der Waals surface area contributed by atoms with Crippen molar-refractivity contribution in [3.05, 3.63) is 29.6 Å². The Morgan fingerprint density at radius 2 is 1.32 bits per heavy atom. The van der Waals surface area contributed by atoms with E-state index in [9.17, 15) is 0 Å². The third-order valence-corrected chi connectivity index (χ3v) is 2.05. The van der Waals surface area contributed by atoms with E-state index in [4.69, 9.17) is 0 Å². The molecule has 2 N–H and O–H groups in total. The molecule has 1 heterocycles. The first-order chi connectivity index (χ1) is 7.69. The summed E-state index contributed by atoms with van der Waals surface area (Å²) in [4.78, 5) is 4.47. The standard InChI is InChI=1S/C11H17N5.2ClH.Co/c1-8(15-12-3)10-6-5-7-11(14-10)9(2)16-13-4;;;/h5-7,12-13H,1-4H3;2*1H;/q;;;+2/p-2. The van der Waals surface area contributed by atoms with Crippen LogP contribution in [-0.4, -0.2) is 30.5 Å². The molecule has 1 radical (unpaired) electrons. The van der Waals surface area contributed by atoms with Crippen molar-refractivity contribution < 1.29 is 41.6 Å². The molecule has 0 aliphatic carbocycles. The molecule has 1 aromatic heterocycles. The molecule has 0 fully saturated rings. The van der Waals surface area contributed by atoms with Gasteiger partial charge in [-0.05, 0) is 26.0 Å². The summed E-state index contributed by atoms with van der Waals surface area (Å²) in [6, 6.07) is 5.79. The minimum atomic E-state index is 0. The van der Waals surface area contributed by atoms with E-state index in [2.05, 4.69) is 26.0 Å². The van der Waals surface area contributed by atoms with Gasteiger partial charge >= 0.3 is 16.8 Å². The minimum Gasteiger partial charge on any atom is -1.00 e. The van der Waals surface area contributed by atoms with Gasteiger partial charge in [-0.1, -0.05) is 6.07 Å². The number of pyridine rings is 1. The fourth-order valence-corrected chi connectivity index (χ4v) is 1.29. The summed E-state index contributed by atoms with van der Waals surface area (Å²) in [7, 11) is 3.53. The zero-order valence-corrected chi connectivity index (χ0v) is 13.7. The molecule has 109 valence electrons. The third-order valence-electron chi connectivity index (χ3n) is 2.05. The van der Waals surface area contributed by atoms with Gasteiger partial charge in [-0.2, -0.15) is 10.2 Å². The van der Waals surface area contributed by atoms with Crippen molar-refractivity contribution >= 4 is 11.4 Å². The van der Waals surface area contributed by atoms with Crippen LogP contribution in [0.2, 0.25) is 0 Å². The molecule has 0 aliphatic rings. The molecule has 0 amide bonds. The normalized spacial score (nSPS) is 10.5. The quantitative estimate of drug-likeness (QED) is 0.423. The number of hydrogen-bond acceptors (Lipinski definition) is 5. The summed E-state index contributed by atoms with van der Waals surface area (Å²) in [6.45, 7) is 3.82. The van der Waals surface area contributed by atoms with Crippen LogP contribution in [0.1, 0.15) is 25.2 Å². The summed E-state index contributed by atoms with van der Waals surface area (Å²) in [5.74, 6) is 0. The summed E-state index contributed by atoms with van der Waals surface area (Å²) in [5, 5.41) is 8.18. The maximum atomic E-state index is 4.47. The number of halogens is 2. The van der Waals surface area contributed by atoms with Crippen molar-refractivity contribution in [2.75, 3.05) is 14.1 Å². The average Bonchev–Trinajstić information content (AvgIpc) is 2.30. The summed E-state index contributed by atoms with van der Waals surface area (Å²) in [6.07, 6.45) is 0. The first kappa shape index (κ1) is 23.3. The van der Waals surface area contributed by atoms with Crippen LogP contribution in [0.15, 0.2) is 28.4 Å². The van der Waals surface area contributed by atoms with Crippen LogP contribution < -0.4 is 35.7 Å². The number of hydrogen-bond donors (Lipinski definition) is 2. The molecule has 1 rings (SSSR count). The Kier molecular flexibility index (Phi) is 15.0. The fourth-order valence-electron chi connectivity index (χ4n) is 1.29. The maximum absolute atomic E-state index is 4.47. The van der Waals surface area contributed by atoms with E-state index in [-0.39, 0.29) is 41.6 Å². The van der Waals surface area contributed by atoms with Crippen molar-refractivity contribution in [3.8, 4) is 0 Å². The smallest absolute Gasteiger partial charge is 1.00 e. The number of aromatic nitrogens is 1. The topological polar surface area (TPSA) is 61.7 Å². The molecular weight excluding hydrogens is 332 g/mol. The molecule has 1 aromatic rings. The molecule has 19 heavy (non-hydrogen) atoms. The van der Waals surface area contributed by atoms with Crippen molar-refractivity contribution in [1.29, 1.82) is 0 Å². The molecule has 0 aromatic carbocycles. The first-order valence-corrected chi connectivity index (χ1v) is 5.09. The number of nitrogens with zero attached hydrogens (tertiary/aromatic N) is 3. The number of hydrazone groups is 2. The molecule has 0 spiro atoms. The molecule has 5 nitrogen and oxygen atoms in total. The van der Waals surface area contributed by atoms with Gasteiger partial charge in [0, 0.05) is 14.1 Å². The van der Waals surface area contributed by atoms with Crippen molar-refractivity contribution in [3.63, 3.8) is 0 Å². The van der Waals surface area contributed by atoms with E-state index in [1.807, 2.05) is 32.0 Å². The van der Waals surface area contributed by atoms with Crippen LogP contribution in [0.4, 0.5) is 0 Å². The molecule has 8 heteroatoms. The van der Waals surface area contributed by atoms with Gasteiger partial charge in [0.2, 0.25) is 0 Å². The van der Waals surface area contributed by atoms with Gasteiger partial charge in [0.05, 0.1) is 22.8 Å². The second-order valence-corrected chi connectivity index (χ2v) is 3.25. The Bertz CT molecular complexity index is 388. The van der Waals surface area contributed by atoms with Gasteiger partial charge < -0.3 is 35.7 Å². The molecule has 0 saturated carbocycles. The van der Waals surface area contributed by atoms with Crippen LogP contribution in [0.25, 0.3) is 0 Å². The Hall–Kier alpha value is -0.824. The first-order valence-electron chi connectivity index (χ1n) is 5.09. The predicted molar refractivity (Wildman–Crippen MR) is 66.8 cm³/mol. The SMILES string of the molecule is CNN=C(C)c1cccc(C(C)=NNC)n1.[Cl-].[Cl-].[Co+2]. The van der Waals surface area contributed by atoms with Gasteiger partial charge in [0.1, 0.15) is 0 Å². The molecular formula is C11H17Cl2CoN5. The zero-order valence-electron chi connectivity index (χ0n) is 11.2. The van der Waals surface area contributed by atoms with E-state index in [1.54, 1.807) is 14.1 Å². The summed E-state index contributed by atoms with van der Waals surface area (Å²) >= 11 is 0. The van der Waals surface area contributed by atoms with E-state index >= 15 is 0 Å². The van der Waals surface area contributed by atoms with E-state index < -0.39 is 0 Å². The predicted octanol–water partition coefficient (Wildman–Crippen LogP) is -5.03. The molecule has 0 unspecified atom stereocenters. The molecule has 0 atom stereocenters. The van der Waals surface area contributed by atoms with Crippen LogP contribution in [-0.2, 0) is 16.8 Å². The van der Waals surface area contributed by atoms with Gasteiger partial charge in [-0.15, -0.1) is 0 Å². The van der Waals surface area contributed by atoms with Gasteiger partial charge in [0.15, 0.2) is 0 Å². The van der Waals surface area contributed by atoms with Crippen molar-refractivity contribution in [1.82, 2.24) is 15.8 Å². The van der Waals surface area contributed by atoms with E-state index in [0.717, 1.165) is 22.8 Å². The van der Waals surface area contributed by atoms with Gasteiger partial charge in [-0.25, -0.2) is 4.98 Å². The minimum absolute atomic E-state index is 0. The second kappa shape index (κ2) is 12.2.